The molecule has 0 spiro atoms. The van der Waals surface area contributed by atoms with Gasteiger partial charge in [-0.05, 0) is 24.3 Å². The molecule has 2 aromatic carbocycles. The summed E-state index contributed by atoms with van der Waals surface area (Å²) in [6.45, 7) is 0. The van der Waals surface area contributed by atoms with E-state index >= 15 is 0 Å². The van der Waals surface area contributed by atoms with Gasteiger partial charge in [0.1, 0.15) is 23.0 Å². The smallest absolute Gasteiger partial charge is 0.124 e. The number of anilines is 2. The van der Waals surface area contributed by atoms with Crippen LogP contribution in [0.15, 0.2) is 94.9 Å². The van der Waals surface area contributed by atoms with Crippen molar-refractivity contribution in [3.63, 3.8) is 0 Å². The Balaban J connectivity index is 1.86. The van der Waals surface area contributed by atoms with Crippen LogP contribution in [0, 0.1) is 0 Å². The molecular weight excluding hydrogens is 372 g/mol. The maximum atomic E-state index is 6.03. The van der Waals surface area contributed by atoms with Gasteiger partial charge < -0.3 is 11.5 Å². The number of aromatic nitrogens is 2. The van der Waals surface area contributed by atoms with Crippen LogP contribution in [-0.2, 0) is 0 Å². The van der Waals surface area contributed by atoms with E-state index in [4.69, 9.17) is 21.5 Å². The fourth-order valence-electron chi connectivity index (χ4n) is 3.40. The Hall–Kier alpha value is -4.32. The maximum Gasteiger partial charge on any atom is 0.124 e. The second-order valence-corrected chi connectivity index (χ2v) is 6.86. The average molecular weight is 390 g/mol. The quantitative estimate of drug-likeness (QED) is 0.469. The van der Waals surface area contributed by atoms with Crippen molar-refractivity contribution in [2.24, 2.45) is 9.98 Å². The number of aliphatic imine (C=N–C) groups is 2. The van der Waals surface area contributed by atoms with E-state index in [9.17, 15) is 0 Å². The molecule has 0 fully saturated rings. The summed E-state index contributed by atoms with van der Waals surface area (Å²) < 4.78 is 0. The van der Waals surface area contributed by atoms with Crippen LogP contribution in [0.4, 0.5) is 23.0 Å². The average Bonchev–Trinajstić information content (AvgIpc) is 2.77. The summed E-state index contributed by atoms with van der Waals surface area (Å²) in [6.07, 6.45) is 0. The minimum atomic E-state index is 0.407. The van der Waals surface area contributed by atoms with Crippen molar-refractivity contribution in [2.45, 2.75) is 0 Å². The van der Waals surface area contributed by atoms with E-state index in [1.807, 2.05) is 72.8 Å². The van der Waals surface area contributed by atoms with Crippen molar-refractivity contribution in [2.75, 3.05) is 11.5 Å². The van der Waals surface area contributed by atoms with Crippen LogP contribution in [0.5, 0.6) is 0 Å². The third kappa shape index (κ3) is 3.20. The summed E-state index contributed by atoms with van der Waals surface area (Å²) in [7, 11) is 0. The van der Waals surface area contributed by atoms with Gasteiger partial charge in [0.15, 0.2) is 0 Å². The lowest BCUT2D eigenvalue weighted by Crippen LogP contribution is -2.14. The molecule has 30 heavy (non-hydrogen) atoms. The molecule has 0 unspecified atom stereocenters. The summed E-state index contributed by atoms with van der Waals surface area (Å²) >= 11 is 0. The molecule has 0 bridgehead atoms. The highest BCUT2D eigenvalue weighted by Crippen LogP contribution is 2.32. The molecule has 4 N–H and O–H groups in total. The Morgan fingerprint density at radius 3 is 1.27 bits per heavy atom. The van der Waals surface area contributed by atoms with Gasteiger partial charge in [-0.15, -0.1) is 0 Å². The van der Waals surface area contributed by atoms with Crippen LogP contribution < -0.4 is 11.5 Å². The standard InChI is InChI=1S/C24H18N6/c25-19-13-11-17-23(29-19)21(15-7-3-1-4-8-15)27-18-12-14-20(26)30-24(18)22(28-17)16-9-5-2-6-10-16/h1-14H,(H2,25,29)(H2,26,30). The van der Waals surface area contributed by atoms with Crippen molar-refractivity contribution in [3.05, 3.63) is 107 Å². The first-order valence-electron chi connectivity index (χ1n) is 9.51. The summed E-state index contributed by atoms with van der Waals surface area (Å²) in [5.74, 6) is 0.815. The fourth-order valence-corrected chi connectivity index (χ4v) is 3.40. The number of rotatable bonds is 2. The molecule has 6 nitrogen and oxygen atoms in total. The Bertz CT molecular complexity index is 1190. The topological polar surface area (TPSA) is 103 Å². The van der Waals surface area contributed by atoms with Crippen molar-refractivity contribution >= 4 is 34.4 Å². The molecule has 1 aliphatic heterocycles. The minimum Gasteiger partial charge on any atom is -0.384 e. The second kappa shape index (κ2) is 7.25. The molecule has 0 atom stereocenters. The minimum absolute atomic E-state index is 0.407. The zero-order valence-corrected chi connectivity index (χ0v) is 16.0. The van der Waals surface area contributed by atoms with Gasteiger partial charge in [-0.3, -0.25) is 0 Å². The molecule has 6 heteroatoms. The molecule has 0 amide bonds. The lowest BCUT2D eigenvalue weighted by atomic mass is 10.0. The number of fused-ring (bicyclic) bond motifs is 2. The normalized spacial score (nSPS) is 12.7. The van der Waals surface area contributed by atoms with E-state index in [2.05, 4.69) is 9.97 Å². The Morgan fingerprint density at radius 2 is 0.867 bits per heavy atom. The van der Waals surface area contributed by atoms with Gasteiger partial charge in [-0.1, -0.05) is 60.7 Å². The zero-order chi connectivity index (χ0) is 20.5. The zero-order valence-electron chi connectivity index (χ0n) is 16.0. The third-order valence-electron chi connectivity index (χ3n) is 4.80. The van der Waals surface area contributed by atoms with E-state index in [-0.39, 0.29) is 0 Å². The molecule has 144 valence electrons. The number of benzene rings is 2. The van der Waals surface area contributed by atoms with Crippen molar-refractivity contribution in [1.29, 1.82) is 0 Å². The highest BCUT2D eigenvalue weighted by molar-refractivity contribution is 6.21. The summed E-state index contributed by atoms with van der Waals surface area (Å²) in [4.78, 5) is 19.1. The number of nitrogens with two attached hydrogens (primary N) is 2. The molecule has 0 saturated heterocycles. The predicted octanol–water partition coefficient (Wildman–Crippen LogP) is 4.29. The van der Waals surface area contributed by atoms with Gasteiger partial charge in [0.05, 0.1) is 22.8 Å². The maximum absolute atomic E-state index is 6.03. The van der Waals surface area contributed by atoms with Crippen molar-refractivity contribution in [3.8, 4) is 0 Å². The Morgan fingerprint density at radius 1 is 0.467 bits per heavy atom. The second-order valence-electron chi connectivity index (χ2n) is 6.86. The van der Waals surface area contributed by atoms with Gasteiger partial charge in [0, 0.05) is 11.1 Å². The Labute approximate surface area is 173 Å². The number of hydrogen-bond donors (Lipinski definition) is 2. The van der Waals surface area contributed by atoms with Crippen molar-refractivity contribution < 1.29 is 0 Å². The number of hydrogen-bond acceptors (Lipinski definition) is 6. The van der Waals surface area contributed by atoms with E-state index in [0.29, 0.717) is 45.8 Å². The molecule has 0 aliphatic carbocycles. The largest absolute Gasteiger partial charge is 0.384 e. The lowest BCUT2D eigenvalue weighted by molar-refractivity contribution is 1.23. The molecule has 2 aromatic heterocycles. The Kier molecular flexibility index (Phi) is 4.29. The first-order chi connectivity index (χ1) is 14.7. The number of nitrogens with zero attached hydrogens (tertiary/aromatic N) is 4. The third-order valence-corrected chi connectivity index (χ3v) is 4.80. The fraction of sp³-hybridized carbons (Fsp3) is 0. The monoisotopic (exact) mass is 390 g/mol. The van der Waals surface area contributed by atoms with Gasteiger partial charge in [0.25, 0.3) is 0 Å². The van der Waals surface area contributed by atoms with Crippen LogP contribution in [0.1, 0.15) is 22.5 Å². The van der Waals surface area contributed by atoms with Crippen LogP contribution in [0.2, 0.25) is 0 Å². The van der Waals surface area contributed by atoms with Gasteiger partial charge in [-0.2, -0.15) is 0 Å². The summed E-state index contributed by atoms with van der Waals surface area (Å²) in [5, 5.41) is 0. The first-order valence-corrected chi connectivity index (χ1v) is 9.51. The van der Waals surface area contributed by atoms with Gasteiger partial charge in [0.2, 0.25) is 0 Å². The molecule has 3 heterocycles. The number of nitrogen functional groups attached to an aromatic ring is 2. The van der Waals surface area contributed by atoms with Crippen LogP contribution in [-0.4, -0.2) is 21.4 Å². The van der Waals surface area contributed by atoms with E-state index in [1.165, 1.54) is 0 Å². The SMILES string of the molecule is Nc1ccc2c(n1)C(c1ccccc1)=Nc1ccc(N)nc1C(c1ccccc1)=N2. The first kappa shape index (κ1) is 17.8. The van der Waals surface area contributed by atoms with Gasteiger partial charge >= 0.3 is 0 Å². The van der Waals surface area contributed by atoms with Crippen molar-refractivity contribution in [1.82, 2.24) is 9.97 Å². The highest BCUT2D eigenvalue weighted by Gasteiger charge is 2.22. The van der Waals surface area contributed by atoms with Crippen LogP contribution in [0.25, 0.3) is 0 Å². The van der Waals surface area contributed by atoms with E-state index in [0.717, 1.165) is 11.1 Å². The molecule has 0 radical (unpaired) electrons. The van der Waals surface area contributed by atoms with Crippen LogP contribution >= 0.6 is 0 Å². The molecule has 0 saturated carbocycles. The van der Waals surface area contributed by atoms with Crippen LogP contribution in [0.3, 0.4) is 0 Å². The lowest BCUT2D eigenvalue weighted by Gasteiger charge is -2.17. The van der Waals surface area contributed by atoms with E-state index < -0.39 is 0 Å². The molecular formula is C24H18N6. The predicted molar refractivity (Wildman–Crippen MR) is 121 cm³/mol. The van der Waals surface area contributed by atoms with Gasteiger partial charge in [-0.25, -0.2) is 20.0 Å². The summed E-state index contributed by atoms with van der Waals surface area (Å²) in [5.41, 5.74) is 17.8. The van der Waals surface area contributed by atoms with E-state index in [1.54, 1.807) is 12.1 Å². The molecule has 1 aliphatic rings. The number of pyridine rings is 2. The highest BCUT2D eigenvalue weighted by atomic mass is 15.0. The molecule has 4 aromatic rings. The molecule has 5 rings (SSSR count). The summed E-state index contributed by atoms with van der Waals surface area (Å²) in [6, 6.07) is 26.9.